The molecule has 0 aliphatic carbocycles. The number of aliphatic hydroxyl groups excluding tert-OH is 2. The lowest BCUT2D eigenvalue weighted by Gasteiger charge is -2.16. The van der Waals surface area contributed by atoms with Crippen LogP contribution in [0, 0.1) is 0 Å². The number of esters is 1. The van der Waals surface area contributed by atoms with Gasteiger partial charge in [0.05, 0.1) is 6.61 Å². The van der Waals surface area contributed by atoms with Crippen LogP contribution in [0.2, 0.25) is 0 Å². The summed E-state index contributed by atoms with van der Waals surface area (Å²) in [6.07, 6.45) is -2.84. The van der Waals surface area contributed by atoms with Crippen LogP contribution >= 0.6 is 15.9 Å². The van der Waals surface area contributed by atoms with Crippen LogP contribution in [0.15, 0.2) is 28.7 Å². The van der Waals surface area contributed by atoms with E-state index in [1.807, 2.05) is 0 Å². The molecule has 0 aromatic heterocycles. The first-order valence-electron chi connectivity index (χ1n) is 4.84. The zero-order chi connectivity index (χ0) is 12.1. The van der Waals surface area contributed by atoms with Crippen molar-refractivity contribution in [3.63, 3.8) is 0 Å². The van der Waals surface area contributed by atoms with Gasteiger partial charge in [0.15, 0.2) is 6.10 Å². The largest absolute Gasteiger partial charge is 0.464 e. The molecule has 0 bridgehead atoms. The van der Waals surface area contributed by atoms with Crippen LogP contribution in [-0.4, -0.2) is 28.9 Å². The number of halogens is 1. The average Bonchev–Trinajstić information content (AvgIpc) is 2.27. The van der Waals surface area contributed by atoms with Gasteiger partial charge in [-0.2, -0.15) is 0 Å². The Kier molecular flexibility index (Phi) is 4.92. The van der Waals surface area contributed by atoms with E-state index in [-0.39, 0.29) is 6.61 Å². The number of aliphatic hydroxyl groups is 2. The van der Waals surface area contributed by atoms with Gasteiger partial charge in [0.25, 0.3) is 0 Å². The summed E-state index contributed by atoms with van der Waals surface area (Å²) in [5, 5.41) is 19.3. The fraction of sp³-hybridized carbons (Fsp3) is 0.364. The molecule has 1 aromatic carbocycles. The number of hydrogen-bond acceptors (Lipinski definition) is 4. The second-order valence-corrected chi connectivity index (χ2v) is 4.11. The molecule has 1 aromatic rings. The van der Waals surface area contributed by atoms with Crippen LogP contribution in [0.1, 0.15) is 18.6 Å². The molecular formula is C11H13BrO4. The van der Waals surface area contributed by atoms with Crippen LogP contribution in [0.25, 0.3) is 0 Å². The van der Waals surface area contributed by atoms with Gasteiger partial charge < -0.3 is 14.9 Å². The quantitative estimate of drug-likeness (QED) is 0.822. The zero-order valence-corrected chi connectivity index (χ0v) is 10.3. The third-order valence-electron chi connectivity index (χ3n) is 2.02. The molecule has 0 saturated heterocycles. The topological polar surface area (TPSA) is 66.8 Å². The van der Waals surface area contributed by atoms with Crippen LogP contribution in [0.5, 0.6) is 0 Å². The van der Waals surface area contributed by atoms with E-state index >= 15 is 0 Å². The fourth-order valence-corrected chi connectivity index (χ4v) is 1.65. The lowest BCUT2D eigenvalue weighted by Crippen LogP contribution is -2.29. The van der Waals surface area contributed by atoms with E-state index in [0.717, 1.165) is 4.47 Å². The molecule has 0 aliphatic rings. The summed E-state index contributed by atoms with van der Waals surface area (Å²) < 4.78 is 5.38. The van der Waals surface area contributed by atoms with Gasteiger partial charge in [-0.25, -0.2) is 4.79 Å². The highest BCUT2D eigenvalue weighted by Crippen LogP contribution is 2.21. The highest BCUT2D eigenvalue weighted by atomic mass is 79.9. The van der Waals surface area contributed by atoms with Gasteiger partial charge in [0.2, 0.25) is 0 Å². The Labute approximate surface area is 102 Å². The first kappa shape index (κ1) is 13.2. The predicted octanol–water partition coefficient (Wildman–Crippen LogP) is 1.41. The summed E-state index contributed by atoms with van der Waals surface area (Å²) in [5.41, 5.74) is 0.454. The monoisotopic (exact) mass is 288 g/mol. The van der Waals surface area contributed by atoms with Gasteiger partial charge in [-0.15, -0.1) is 0 Å². The Morgan fingerprint density at radius 1 is 1.50 bits per heavy atom. The third-order valence-corrected chi connectivity index (χ3v) is 2.51. The van der Waals surface area contributed by atoms with Crippen LogP contribution in [0.4, 0.5) is 0 Å². The summed E-state index contributed by atoms with van der Waals surface area (Å²) in [7, 11) is 0. The molecule has 16 heavy (non-hydrogen) atoms. The SMILES string of the molecule is CCOC(=O)C(O)C(O)c1cccc(Br)c1. The molecule has 88 valence electrons. The highest BCUT2D eigenvalue weighted by molar-refractivity contribution is 9.10. The van der Waals surface area contributed by atoms with Crippen molar-refractivity contribution in [1.29, 1.82) is 0 Å². The normalized spacial score (nSPS) is 14.2. The summed E-state index contributed by atoms with van der Waals surface area (Å²) in [4.78, 5) is 11.2. The number of hydrogen-bond donors (Lipinski definition) is 2. The Balaban J connectivity index is 2.77. The van der Waals surface area contributed by atoms with E-state index in [1.54, 1.807) is 31.2 Å². The summed E-state index contributed by atoms with van der Waals surface area (Å²) in [5.74, 6) is -0.824. The molecule has 0 fully saturated rings. The highest BCUT2D eigenvalue weighted by Gasteiger charge is 2.26. The summed E-state index contributed by atoms with van der Waals surface area (Å²) in [6, 6.07) is 6.75. The van der Waals surface area contributed by atoms with E-state index in [0.29, 0.717) is 5.56 Å². The predicted molar refractivity (Wildman–Crippen MR) is 61.7 cm³/mol. The first-order valence-corrected chi connectivity index (χ1v) is 5.63. The number of benzene rings is 1. The zero-order valence-electron chi connectivity index (χ0n) is 8.76. The average molecular weight is 289 g/mol. The number of ether oxygens (including phenoxy) is 1. The van der Waals surface area contributed by atoms with E-state index < -0.39 is 18.2 Å². The Morgan fingerprint density at radius 3 is 2.75 bits per heavy atom. The van der Waals surface area contributed by atoms with E-state index in [1.165, 1.54) is 0 Å². The molecule has 0 spiro atoms. The molecule has 0 amide bonds. The van der Waals surface area contributed by atoms with E-state index in [9.17, 15) is 15.0 Å². The van der Waals surface area contributed by atoms with Crippen molar-refractivity contribution in [1.82, 2.24) is 0 Å². The second-order valence-electron chi connectivity index (χ2n) is 3.20. The molecule has 0 aliphatic heterocycles. The van der Waals surface area contributed by atoms with Gasteiger partial charge in [-0.3, -0.25) is 0 Å². The van der Waals surface area contributed by atoms with Crippen molar-refractivity contribution in [3.8, 4) is 0 Å². The minimum atomic E-state index is -1.56. The van der Waals surface area contributed by atoms with Crippen LogP contribution in [-0.2, 0) is 9.53 Å². The number of carbonyl (C=O) groups excluding carboxylic acids is 1. The lowest BCUT2D eigenvalue weighted by molar-refractivity contribution is -0.159. The van der Waals surface area contributed by atoms with Gasteiger partial charge in [0.1, 0.15) is 6.10 Å². The molecule has 5 heteroatoms. The Morgan fingerprint density at radius 2 is 2.19 bits per heavy atom. The summed E-state index contributed by atoms with van der Waals surface area (Å²) >= 11 is 3.24. The van der Waals surface area contributed by atoms with Crippen molar-refractivity contribution >= 4 is 21.9 Å². The van der Waals surface area contributed by atoms with Crippen molar-refractivity contribution in [2.45, 2.75) is 19.1 Å². The first-order chi connectivity index (χ1) is 7.56. The molecule has 0 saturated carbocycles. The maximum Gasteiger partial charge on any atom is 0.338 e. The molecule has 4 nitrogen and oxygen atoms in total. The van der Waals surface area contributed by atoms with E-state index in [2.05, 4.69) is 20.7 Å². The molecule has 2 unspecified atom stereocenters. The van der Waals surface area contributed by atoms with Gasteiger partial charge in [-0.1, -0.05) is 28.1 Å². The minimum absolute atomic E-state index is 0.168. The van der Waals surface area contributed by atoms with Crippen molar-refractivity contribution in [2.24, 2.45) is 0 Å². The van der Waals surface area contributed by atoms with E-state index in [4.69, 9.17) is 0 Å². The fourth-order valence-electron chi connectivity index (χ4n) is 1.23. The number of rotatable bonds is 4. The lowest BCUT2D eigenvalue weighted by atomic mass is 10.0. The number of carbonyl (C=O) groups is 1. The van der Waals surface area contributed by atoms with Crippen molar-refractivity contribution < 1.29 is 19.7 Å². The second kappa shape index (κ2) is 5.98. The molecule has 2 N–H and O–H groups in total. The van der Waals surface area contributed by atoms with Crippen LogP contribution in [0.3, 0.4) is 0 Å². The Bertz CT molecular complexity index is 367. The molecule has 0 heterocycles. The summed E-state index contributed by atoms with van der Waals surface area (Å²) in [6.45, 7) is 1.80. The molecule has 1 rings (SSSR count). The molecule has 2 atom stereocenters. The van der Waals surface area contributed by atoms with Gasteiger partial charge >= 0.3 is 5.97 Å². The Hall–Kier alpha value is -0.910. The molecular weight excluding hydrogens is 276 g/mol. The van der Waals surface area contributed by atoms with Gasteiger partial charge in [0, 0.05) is 4.47 Å². The van der Waals surface area contributed by atoms with Crippen LogP contribution < -0.4 is 0 Å². The smallest absolute Gasteiger partial charge is 0.338 e. The third kappa shape index (κ3) is 3.30. The van der Waals surface area contributed by atoms with Gasteiger partial charge in [-0.05, 0) is 24.6 Å². The van der Waals surface area contributed by atoms with Crippen molar-refractivity contribution in [2.75, 3.05) is 6.61 Å². The standard InChI is InChI=1S/C11H13BrO4/c1-2-16-11(15)10(14)9(13)7-4-3-5-8(12)6-7/h3-6,9-10,13-14H,2H2,1H3. The maximum atomic E-state index is 11.2. The van der Waals surface area contributed by atoms with Crippen molar-refractivity contribution in [3.05, 3.63) is 34.3 Å². The molecule has 0 radical (unpaired) electrons. The maximum absolute atomic E-state index is 11.2. The minimum Gasteiger partial charge on any atom is -0.464 e.